The van der Waals surface area contributed by atoms with Gasteiger partial charge in [0.15, 0.2) is 9.84 Å². The van der Waals surface area contributed by atoms with Crippen LogP contribution in [0.1, 0.15) is 39.6 Å². The lowest BCUT2D eigenvalue weighted by atomic mass is 10.1. The van der Waals surface area contributed by atoms with Crippen LogP contribution in [-0.4, -0.2) is 33.0 Å². The Labute approximate surface area is 153 Å². The first-order chi connectivity index (χ1) is 12.2. The third-order valence-corrected chi connectivity index (χ3v) is 4.91. The highest BCUT2D eigenvalue weighted by Crippen LogP contribution is 2.18. The van der Waals surface area contributed by atoms with Crippen LogP contribution in [0.4, 0.5) is 5.69 Å². The molecule has 0 fully saturated rings. The molecule has 0 radical (unpaired) electrons. The molecule has 2 aromatic rings. The third kappa shape index (κ3) is 4.92. The predicted molar refractivity (Wildman–Crippen MR) is 101 cm³/mol. The molecule has 0 heterocycles. The SMILES string of the molecule is CCCNC(=O)c1cccc(NC(=O)c2cc(S(C)(=O)=O)ccc2C)c1. The minimum absolute atomic E-state index is 0.0842. The zero-order valence-electron chi connectivity index (χ0n) is 15.0. The summed E-state index contributed by atoms with van der Waals surface area (Å²) in [5.41, 5.74) is 1.83. The number of anilines is 1. The van der Waals surface area contributed by atoms with Crippen LogP contribution in [0, 0.1) is 6.92 Å². The molecule has 7 heteroatoms. The second-order valence-corrected chi connectivity index (χ2v) is 8.06. The summed E-state index contributed by atoms with van der Waals surface area (Å²) < 4.78 is 23.4. The Morgan fingerprint density at radius 3 is 2.42 bits per heavy atom. The smallest absolute Gasteiger partial charge is 0.255 e. The molecule has 0 aliphatic carbocycles. The highest BCUT2D eigenvalue weighted by Gasteiger charge is 2.15. The van der Waals surface area contributed by atoms with Gasteiger partial charge < -0.3 is 10.6 Å². The molecule has 2 amide bonds. The van der Waals surface area contributed by atoms with Crippen molar-refractivity contribution in [2.24, 2.45) is 0 Å². The van der Waals surface area contributed by atoms with Crippen molar-refractivity contribution in [2.45, 2.75) is 25.2 Å². The van der Waals surface area contributed by atoms with Gasteiger partial charge in [0.05, 0.1) is 4.90 Å². The van der Waals surface area contributed by atoms with E-state index in [2.05, 4.69) is 10.6 Å². The first-order valence-electron chi connectivity index (χ1n) is 8.22. The molecule has 2 aromatic carbocycles. The molecular formula is C19H22N2O4S. The summed E-state index contributed by atoms with van der Waals surface area (Å²) >= 11 is 0. The normalized spacial score (nSPS) is 11.0. The summed E-state index contributed by atoms with van der Waals surface area (Å²) in [6.45, 7) is 4.27. The van der Waals surface area contributed by atoms with E-state index >= 15 is 0 Å². The Hall–Kier alpha value is -2.67. The molecule has 2 rings (SSSR count). The van der Waals surface area contributed by atoms with E-state index in [1.54, 1.807) is 37.3 Å². The average molecular weight is 374 g/mol. The average Bonchev–Trinajstić information content (AvgIpc) is 2.59. The maximum Gasteiger partial charge on any atom is 0.255 e. The second kappa shape index (κ2) is 8.14. The Kier molecular flexibility index (Phi) is 6.15. The van der Waals surface area contributed by atoms with Crippen molar-refractivity contribution >= 4 is 27.3 Å². The molecule has 6 nitrogen and oxygen atoms in total. The van der Waals surface area contributed by atoms with Gasteiger partial charge in [-0.15, -0.1) is 0 Å². The quantitative estimate of drug-likeness (QED) is 0.813. The van der Waals surface area contributed by atoms with Crippen molar-refractivity contribution in [1.29, 1.82) is 0 Å². The maximum absolute atomic E-state index is 12.6. The van der Waals surface area contributed by atoms with Gasteiger partial charge in [0.1, 0.15) is 0 Å². The van der Waals surface area contributed by atoms with Crippen LogP contribution < -0.4 is 10.6 Å². The topological polar surface area (TPSA) is 92.3 Å². The van der Waals surface area contributed by atoms with E-state index in [0.29, 0.717) is 23.4 Å². The Morgan fingerprint density at radius 2 is 1.77 bits per heavy atom. The van der Waals surface area contributed by atoms with Crippen LogP contribution in [0.25, 0.3) is 0 Å². The molecule has 0 bridgehead atoms. The number of carbonyl (C=O) groups excluding carboxylic acids is 2. The molecule has 0 aromatic heterocycles. The number of hydrogen-bond acceptors (Lipinski definition) is 4. The van der Waals surface area contributed by atoms with E-state index in [1.807, 2.05) is 6.92 Å². The van der Waals surface area contributed by atoms with E-state index in [1.165, 1.54) is 12.1 Å². The lowest BCUT2D eigenvalue weighted by Crippen LogP contribution is -2.24. The van der Waals surface area contributed by atoms with Gasteiger partial charge in [-0.25, -0.2) is 8.42 Å². The lowest BCUT2D eigenvalue weighted by Gasteiger charge is -2.10. The van der Waals surface area contributed by atoms with Gasteiger partial charge in [0.2, 0.25) is 0 Å². The fourth-order valence-corrected chi connectivity index (χ4v) is 3.00. The second-order valence-electron chi connectivity index (χ2n) is 6.04. The first-order valence-corrected chi connectivity index (χ1v) is 10.1. The van der Waals surface area contributed by atoms with Crippen molar-refractivity contribution in [2.75, 3.05) is 18.1 Å². The van der Waals surface area contributed by atoms with E-state index in [-0.39, 0.29) is 16.4 Å². The summed E-state index contributed by atoms with van der Waals surface area (Å²) in [7, 11) is -3.41. The van der Waals surface area contributed by atoms with Crippen molar-refractivity contribution in [3.8, 4) is 0 Å². The van der Waals surface area contributed by atoms with Gasteiger partial charge in [0, 0.05) is 29.6 Å². The molecule has 0 atom stereocenters. The van der Waals surface area contributed by atoms with Crippen LogP contribution in [0.5, 0.6) is 0 Å². The molecular weight excluding hydrogens is 352 g/mol. The van der Waals surface area contributed by atoms with Crippen LogP contribution >= 0.6 is 0 Å². The van der Waals surface area contributed by atoms with Crippen molar-refractivity contribution in [3.05, 3.63) is 59.2 Å². The fraction of sp³-hybridized carbons (Fsp3) is 0.263. The molecule has 138 valence electrons. The summed E-state index contributed by atoms with van der Waals surface area (Å²) in [6, 6.07) is 11.0. The number of nitrogens with one attached hydrogen (secondary N) is 2. The predicted octanol–water partition coefficient (Wildman–Crippen LogP) is 2.79. The van der Waals surface area contributed by atoms with Gasteiger partial charge in [-0.2, -0.15) is 0 Å². The number of amides is 2. The first kappa shape index (κ1) is 19.7. The van der Waals surface area contributed by atoms with E-state index in [0.717, 1.165) is 12.7 Å². The van der Waals surface area contributed by atoms with Gasteiger partial charge in [-0.1, -0.05) is 19.1 Å². The Bertz CT molecular complexity index is 936. The zero-order valence-corrected chi connectivity index (χ0v) is 15.8. The van der Waals surface area contributed by atoms with Crippen molar-refractivity contribution in [3.63, 3.8) is 0 Å². The molecule has 26 heavy (non-hydrogen) atoms. The van der Waals surface area contributed by atoms with Crippen LogP contribution in [0.15, 0.2) is 47.4 Å². The molecule has 0 aliphatic rings. The largest absolute Gasteiger partial charge is 0.352 e. The van der Waals surface area contributed by atoms with E-state index < -0.39 is 15.7 Å². The number of carbonyl (C=O) groups is 2. The highest BCUT2D eigenvalue weighted by atomic mass is 32.2. The van der Waals surface area contributed by atoms with Crippen molar-refractivity contribution < 1.29 is 18.0 Å². The van der Waals surface area contributed by atoms with Gasteiger partial charge in [0.25, 0.3) is 11.8 Å². The molecule has 0 unspecified atom stereocenters. The molecule has 0 saturated carbocycles. The Morgan fingerprint density at radius 1 is 1.04 bits per heavy atom. The number of hydrogen-bond donors (Lipinski definition) is 2. The number of benzene rings is 2. The minimum atomic E-state index is -3.41. The van der Waals surface area contributed by atoms with E-state index in [9.17, 15) is 18.0 Å². The third-order valence-electron chi connectivity index (χ3n) is 3.80. The van der Waals surface area contributed by atoms with Crippen molar-refractivity contribution in [1.82, 2.24) is 5.32 Å². The lowest BCUT2D eigenvalue weighted by molar-refractivity contribution is 0.0952. The molecule has 0 aliphatic heterocycles. The highest BCUT2D eigenvalue weighted by molar-refractivity contribution is 7.90. The number of rotatable bonds is 6. The summed E-state index contributed by atoms with van der Waals surface area (Å²) in [6.07, 6.45) is 1.93. The minimum Gasteiger partial charge on any atom is -0.352 e. The van der Waals surface area contributed by atoms with Crippen LogP contribution in [-0.2, 0) is 9.84 Å². The zero-order chi connectivity index (χ0) is 19.3. The number of aryl methyl sites for hydroxylation is 1. The van der Waals surface area contributed by atoms with Crippen LogP contribution in [0.3, 0.4) is 0 Å². The van der Waals surface area contributed by atoms with Gasteiger partial charge in [-0.05, 0) is 49.2 Å². The van der Waals surface area contributed by atoms with Crippen LogP contribution in [0.2, 0.25) is 0 Å². The van der Waals surface area contributed by atoms with E-state index in [4.69, 9.17) is 0 Å². The fourth-order valence-electron chi connectivity index (χ4n) is 2.35. The monoisotopic (exact) mass is 374 g/mol. The molecule has 0 spiro atoms. The standard InChI is InChI=1S/C19H22N2O4S/c1-4-10-20-18(22)14-6-5-7-15(11-14)21-19(23)17-12-16(26(3,24)25)9-8-13(17)2/h5-9,11-12H,4,10H2,1-3H3,(H,20,22)(H,21,23). The van der Waals surface area contributed by atoms with Gasteiger partial charge in [-0.3, -0.25) is 9.59 Å². The Balaban J connectivity index is 2.24. The molecule has 0 saturated heterocycles. The maximum atomic E-state index is 12.6. The van der Waals surface area contributed by atoms with Gasteiger partial charge >= 0.3 is 0 Å². The summed E-state index contributed by atoms with van der Waals surface area (Å²) in [5, 5.41) is 5.49. The molecule has 2 N–H and O–H groups in total. The number of sulfone groups is 1. The summed E-state index contributed by atoms with van der Waals surface area (Å²) in [4.78, 5) is 24.7. The summed E-state index contributed by atoms with van der Waals surface area (Å²) in [5.74, 6) is -0.641.